The van der Waals surface area contributed by atoms with Crippen LogP contribution in [0.2, 0.25) is 0 Å². The molecule has 1 unspecified atom stereocenters. The summed E-state index contributed by atoms with van der Waals surface area (Å²) >= 11 is 5.37. The quantitative estimate of drug-likeness (QED) is 0.453. The number of hydrogen-bond acceptors (Lipinski definition) is 6. The van der Waals surface area contributed by atoms with E-state index in [1.807, 2.05) is 23.7 Å². The zero-order chi connectivity index (χ0) is 13.4. The molecule has 0 amide bonds. The molecule has 2 aromatic rings. The molecule has 0 aliphatic heterocycles. The fourth-order valence-corrected chi connectivity index (χ4v) is 1.99. The highest BCUT2D eigenvalue weighted by Crippen LogP contribution is 2.15. The third kappa shape index (κ3) is 4.24. The number of benzene rings is 1. The van der Waals surface area contributed by atoms with E-state index in [2.05, 4.69) is 29.0 Å². The second kappa shape index (κ2) is 7.53. The number of nitrogens with one attached hydrogen (secondary N) is 1. The van der Waals surface area contributed by atoms with E-state index in [9.17, 15) is 4.79 Å². The van der Waals surface area contributed by atoms with Crippen LogP contribution in [0.1, 0.15) is 0 Å². The van der Waals surface area contributed by atoms with Crippen LogP contribution >= 0.6 is 24.0 Å². The highest BCUT2D eigenvalue weighted by molar-refractivity contribution is 7.80. The molecule has 0 aliphatic carbocycles. The normalized spacial score (nSPS) is 10.9. The van der Waals surface area contributed by atoms with Crippen LogP contribution in [0.5, 0.6) is 0 Å². The number of thiol groups is 1. The number of carboxylic acid groups (broad SMARTS) is 1. The number of nitriles is 1. The first-order valence-electron chi connectivity index (χ1n) is 4.95. The zero-order valence-corrected chi connectivity index (χ0v) is 11.0. The number of nitrogens with zero attached hydrogens (tertiary/aromatic N) is 2. The van der Waals surface area contributed by atoms with Gasteiger partial charge in [-0.3, -0.25) is 0 Å². The Kier molecular flexibility index (Phi) is 5.97. The number of hydrogen-bond donors (Lipinski definition) is 3. The molecule has 0 radical (unpaired) electrons. The lowest BCUT2D eigenvalue weighted by molar-refractivity contribution is -0.138. The maximum Gasteiger partial charge on any atom is 0.327 e. The number of aromatic nitrogens is 1. The standard InChI is InChI=1S/C7H5NS.C4H6N2O2S/c1-2-4-7-6(3-1)8-5-9-7;5-2-6-3(1-9)4(7)8/h1-5H;3,6,9H,1H2,(H,7,8). The number of carbonyl (C=O) groups is 1. The van der Waals surface area contributed by atoms with Crippen LogP contribution in [-0.4, -0.2) is 27.9 Å². The lowest BCUT2D eigenvalue weighted by Crippen LogP contribution is -2.34. The van der Waals surface area contributed by atoms with Gasteiger partial charge in [0.2, 0.25) is 0 Å². The minimum Gasteiger partial charge on any atom is -0.480 e. The Labute approximate surface area is 113 Å². The van der Waals surface area contributed by atoms with E-state index >= 15 is 0 Å². The summed E-state index contributed by atoms with van der Waals surface area (Å²) < 4.78 is 1.26. The van der Waals surface area contributed by atoms with Gasteiger partial charge in [0.25, 0.3) is 0 Å². The molecule has 1 aromatic heterocycles. The molecular formula is C11H11N3O2S2. The summed E-state index contributed by atoms with van der Waals surface area (Å²) in [5.74, 6) is -0.949. The van der Waals surface area contributed by atoms with Crippen molar-refractivity contribution >= 4 is 40.2 Å². The minimum absolute atomic E-state index is 0.114. The van der Waals surface area contributed by atoms with Gasteiger partial charge in [-0.2, -0.15) is 17.9 Å². The zero-order valence-electron chi connectivity index (χ0n) is 9.28. The van der Waals surface area contributed by atoms with E-state index < -0.39 is 12.0 Å². The molecule has 2 rings (SSSR count). The average Bonchev–Trinajstić information content (AvgIpc) is 2.84. The molecule has 5 nitrogen and oxygen atoms in total. The Morgan fingerprint density at radius 3 is 2.83 bits per heavy atom. The number of fused-ring (bicyclic) bond motifs is 1. The average molecular weight is 281 g/mol. The largest absolute Gasteiger partial charge is 0.480 e. The Bertz CT molecular complexity index is 520. The molecule has 1 atom stereocenters. The number of para-hydroxylation sites is 1. The number of aliphatic carboxylic acids is 1. The van der Waals surface area contributed by atoms with Crippen LogP contribution < -0.4 is 5.32 Å². The van der Waals surface area contributed by atoms with Crippen LogP contribution in [0.3, 0.4) is 0 Å². The van der Waals surface area contributed by atoms with E-state index in [0.29, 0.717) is 0 Å². The first-order valence-corrected chi connectivity index (χ1v) is 6.46. The monoisotopic (exact) mass is 281 g/mol. The summed E-state index contributed by atoms with van der Waals surface area (Å²) in [5, 5.41) is 18.3. The smallest absolute Gasteiger partial charge is 0.327 e. The van der Waals surface area contributed by atoms with Crippen LogP contribution in [0.4, 0.5) is 0 Å². The van der Waals surface area contributed by atoms with Crippen molar-refractivity contribution in [3.8, 4) is 6.19 Å². The van der Waals surface area contributed by atoms with Gasteiger partial charge in [0.15, 0.2) is 6.19 Å². The Morgan fingerprint density at radius 1 is 1.61 bits per heavy atom. The van der Waals surface area contributed by atoms with E-state index in [1.54, 1.807) is 11.3 Å². The number of rotatable bonds is 3. The van der Waals surface area contributed by atoms with Crippen molar-refractivity contribution in [2.75, 3.05) is 5.75 Å². The van der Waals surface area contributed by atoms with Gasteiger partial charge in [-0.25, -0.2) is 9.78 Å². The van der Waals surface area contributed by atoms with Gasteiger partial charge < -0.3 is 10.4 Å². The van der Waals surface area contributed by atoms with Crippen molar-refractivity contribution in [1.29, 1.82) is 5.26 Å². The van der Waals surface area contributed by atoms with Crippen molar-refractivity contribution in [3.05, 3.63) is 29.8 Å². The lowest BCUT2D eigenvalue weighted by atomic mass is 10.3. The summed E-state index contributed by atoms with van der Waals surface area (Å²) in [4.78, 5) is 14.2. The van der Waals surface area contributed by atoms with Gasteiger partial charge in [0.05, 0.1) is 15.7 Å². The predicted octanol–water partition coefficient (Wildman–Crippen LogP) is 1.74. The molecule has 2 N–H and O–H groups in total. The van der Waals surface area contributed by atoms with E-state index in [4.69, 9.17) is 10.4 Å². The summed E-state index contributed by atoms with van der Waals surface area (Å²) in [6.45, 7) is 0. The van der Waals surface area contributed by atoms with Crippen molar-refractivity contribution in [2.45, 2.75) is 6.04 Å². The van der Waals surface area contributed by atoms with Crippen molar-refractivity contribution < 1.29 is 9.90 Å². The van der Waals surface area contributed by atoms with E-state index in [0.717, 1.165) is 5.52 Å². The topological polar surface area (TPSA) is 86.0 Å². The van der Waals surface area contributed by atoms with Crippen LogP contribution in [0.15, 0.2) is 29.8 Å². The van der Waals surface area contributed by atoms with E-state index in [1.165, 1.54) is 10.9 Å². The van der Waals surface area contributed by atoms with Gasteiger partial charge in [0.1, 0.15) is 6.04 Å². The summed E-state index contributed by atoms with van der Waals surface area (Å²) in [5.41, 5.74) is 2.97. The number of thiazole rings is 1. The van der Waals surface area contributed by atoms with E-state index in [-0.39, 0.29) is 5.75 Å². The van der Waals surface area contributed by atoms with Crippen LogP contribution in [0, 0.1) is 11.5 Å². The Morgan fingerprint density at radius 2 is 2.33 bits per heavy atom. The molecule has 0 bridgehead atoms. The third-order valence-electron chi connectivity index (χ3n) is 1.96. The molecule has 0 aliphatic rings. The fourth-order valence-electron chi connectivity index (χ4n) is 1.07. The predicted molar refractivity (Wildman–Crippen MR) is 73.6 cm³/mol. The fraction of sp³-hybridized carbons (Fsp3) is 0.182. The first-order chi connectivity index (χ1) is 8.69. The highest BCUT2D eigenvalue weighted by Gasteiger charge is 2.12. The molecular weight excluding hydrogens is 270 g/mol. The summed E-state index contributed by atoms with van der Waals surface area (Å²) in [6.07, 6.45) is 1.52. The molecule has 0 saturated carbocycles. The third-order valence-corrected chi connectivity index (χ3v) is 3.13. The van der Waals surface area contributed by atoms with Gasteiger partial charge in [-0.15, -0.1) is 11.3 Å². The Hall–Kier alpha value is -1.78. The van der Waals surface area contributed by atoms with Crippen LogP contribution in [-0.2, 0) is 4.79 Å². The molecule has 0 fully saturated rings. The first kappa shape index (κ1) is 14.3. The minimum atomic E-state index is -1.06. The maximum atomic E-state index is 10.1. The molecule has 94 valence electrons. The molecule has 18 heavy (non-hydrogen) atoms. The maximum absolute atomic E-state index is 10.1. The van der Waals surface area contributed by atoms with Gasteiger partial charge in [0, 0.05) is 5.75 Å². The lowest BCUT2D eigenvalue weighted by Gasteiger charge is -2.03. The number of carboxylic acids is 1. The molecule has 7 heteroatoms. The second-order valence-electron chi connectivity index (χ2n) is 3.15. The van der Waals surface area contributed by atoms with Crippen molar-refractivity contribution in [1.82, 2.24) is 10.3 Å². The Balaban J connectivity index is 0.000000180. The summed E-state index contributed by atoms with van der Waals surface area (Å²) in [6, 6.07) is 7.26. The molecule has 1 aromatic carbocycles. The molecule has 0 spiro atoms. The van der Waals surface area contributed by atoms with Crippen molar-refractivity contribution in [3.63, 3.8) is 0 Å². The van der Waals surface area contributed by atoms with Gasteiger partial charge in [-0.1, -0.05) is 12.1 Å². The van der Waals surface area contributed by atoms with Crippen LogP contribution in [0.25, 0.3) is 10.2 Å². The molecule has 0 saturated heterocycles. The second-order valence-corrected chi connectivity index (χ2v) is 4.40. The summed E-state index contributed by atoms with van der Waals surface area (Å²) in [7, 11) is 0. The SMILES string of the molecule is N#CNC(CS)C(=O)O.c1ccc2scnc2c1. The molecule has 1 heterocycles. The van der Waals surface area contributed by atoms with Gasteiger partial charge in [-0.05, 0) is 12.1 Å². The highest BCUT2D eigenvalue weighted by atomic mass is 32.1. The van der Waals surface area contributed by atoms with Crippen molar-refractivity contribution in [2.24, 2.45) is 0 Å². The van der Waals surface area contributed by atoms with Gasteiger partial charge >= 0.3 is 5.97 Å².